The number of fused-ring (bicyclic) bond motifs is 2. The van der Waals surface area contributed by atoms with Crippen molar-refractivity contribution in [1.82, 2.24) is 0 Å². The Balaban J connectivity index is 2.02. The van der Waals surface area contributed by atoms with Crippen LogP contribution in [0.4, 0.5) is 0 Å². The molecule has 4 heteroatoms. The fourth-order valence-electron chi connectivity index (χ4n) is 4.72. The van der Waals surface area contributed by atoms with Gasteiger partial charge in [0, 0.05) is 5.92 Å². The lowest BCUT2D eigenvalue weighted by Gasteiger charge is -2.42. The van der Waals surface area contributed by atoms with Crippen LogP contribution >= 0.6 is 0 Å². The van der Waals surface area contributed by atoms with E-state index in [2.05, 4.69) is 6.92 Å². The Morgan fingerprint density at radius 1 is 1.16 bits per heavy atom. The predicted octanol–water partition coefficient (Wildman–Crippen LogP) is 1.07. The highest BCUT2D eigenvalue weighted by atomic mass is 16.6. The fraction of sp³-hybridized carbons (Fsp3) is 1.00. The number of rotatable bonds is 1. The van der Waals surface area contributed by atoms with Gasteiger partial charge in [-0.25, -0.2) is 0 Å². The van der Waals surface area contributed by atoms with Crippen molar-refractivity contribution in [3.05, 3.63) is 0 Å². The van der Waals surface area contributed by atoms with E-state index in [0.717, 1.165) is 6.42 Å². The van der Waals surface area contributed by atoms with Crippen molar-refractivity contribution in [1.29, 1.82) is 0 Å². The van der Waals surface area contributed by atoms with Crippen LogP contribution in [-0.2, 0) is 4.74 Å². The summed E-state index contributed by atoms with van der Waals surface area (Å²) in [6.45, 7) is 7.97. The summed E-state index contributed by atoms with van der Waals surface area (Å²) in [5.74, 6) is -0.127. The highest BCUT2D eigenvalue weighted by Gasteiger charge is 2.71. The molecule has 0 aromatic rings. The molecule has 110 valence electrons. The average molecular weight is 270 g/mol. The molecule has 1 aliphatic heterocycles. The molecule has 2 aliphatic carbocycles. The standard InChI is InChI=1S/C15H26O4/c1-8(2)15(18)6-5-13(3)7-9(16)14(4)12(19-14)10(17)11(13)15/h8-12,16-18H,5-7H2,1-4H3/t9-,10-,11-,12-,13-,14+,15-/m1/s1. The smallest absolute Gasteiger partial charge is 0.120 e. The lowest BCUT2D eigenvalue weighted by Crippen LogP contribution is -2.50. The molecular weight excluding hydrogens is 244 g/mol. The monoisotopic (exact) mass is 270 g/mol. The Morgan fingerprint density at radius 3 is 2.37 bits per heavy atom. The summed E-state index contributed by atoms with van der Waals surface area (Å²) >= 11 is 0. The van der Waals surface area contributed by atoms with Crippen LogP contribution in [0.5, 0.6) is 0 Å². The van der Waals surface area contributed by atoms with Crippen LogP contribution in [-0.4, -0.2) is 44.8 Å². The molecule has 2 saturated carbocycles. The van der Waals surface area contributed by atoms with Gasteiger partial charge in [-0.3, -0.25) is 0 Å². The fourth-order valence-corrected chi connectivity index (χ4v) is 4.72. The van der Waals surface area contributed by atoms with Crippen LogP contribution < -0.4 is 0 Å². The molecule has 0 bridgehead atoms. The molecule has 3 rings (SSSR count). The zero-order valence-electron chi connectivity index (χ0n) is 12.3. The number of aliphatic hydroxyl groups is 3. The Hall–Kier alpha value is -0.160. The molecule has 4 nitrogen and oxygen atoms in total. The van der Waals surface area contributed by atoms with Gasteiger partial charge in [0.1, 0.15) is 11.7 Å². The number of epoxide rings is 1. The van der Waals surface area contributed by atoms with Gasteiger partial charge in [0.05, 0.1) is 17.8 Å². The van der Waals surface area contributed by atoms with Crippen molar-refractivity contribution in [2.24, 2.45) is 17.3 Å². The van der Waals surface area contributed by atoms with Crippen LogP contribution in [0, 0.1) is 17.3 Å². The molecule has 1 saturated heterocycles. The van der Waals surface area contributed by atoms with Crippen LogP contribution in [0.15, 0.2) is 0 Å². The minimum atomic E-state index is -0.856. The molecule has 1 heterocycles. The van der Waals surface area contributed by atoms with Crippen LogP contribution in [0.3, 0.4) is 0 Å². The van der Waals surface area contributed by atoms with E-state index in [1.807, 2.05) is 20.8 Å². The van der Waals surface area contributed by atoms with E-state index >= 15 is 0 Å². The van der Waals surface area contributed by atoms with Gasteiger partial charge in [0.2, 0.25) is 0 Å². The van der Waals surface area contributed by atoms with Crippen molar-refractivity contribution in [2.75, 3.05) is 0 Å². The average Bonchev–Trinajstić information content (AvgIpc) is 2.93. The second-order valence-electron chi connectivity index (χ2n) is 7.71. The van der Waals surface area contributed by atoms with Gasteiger partial charge in [-0.15, -0.1) is 0 Å². The third-order valence-corrected chi connectivity index (χ3v) is 6.25. The lowest BCUT2D eigenvalue weighted by atomic mass is 9.67. The van der Waals surface area contributed by atoms with E-state index in [9.17, 15) is 15.3 Å². The van der Waals surface area contributed by atoms with E-state index in [0.29, 0.717) is 12.8 Å². The van der Waals surface area contributed by atoms with Crippen molar-refractivity contribution >= 4 is 0 Å². The van der Waals surface area contributed by atoms with Crippen LogP contribution in [0.25, 0.3) is 0 Å². The van der Waals surface area contributed by atoms with E-state index in [1.165, 1.54) is 0 Å². The first kappa shape index (κ1) is 13.8. The summed E-state index contributed by atoms with van der Waals surface area (Å²) in [5.41, 5.74) is -1.69. The molecule has 0 radical (unpaired) electrons. The maximum Gasteiger partial charge on any atom is 0.120 e. The number of aliphatic hydroxyl groups excluding tert-OH is 2. The Morgan fingerprint density at radius 2 is 1.79 bits per heavy atom. The Bertz CT molecular complexity index is 398. The van der Waals surface area contributed by atoms with Gasteiger partial charge < -0.3 is 20.1 Å². The zero-order chi connectivity index (χ0) is 14.2. The normalized spacial score (nSPS) is 60.6. The molecule has 0 spiro atoms. The number of hydrogen-bond donors (Lipinski definition) is 3. The molecule has 19 heavy (non-hydrogen) atoms. The van der Waals surface area contributed by atoms with Crippen LogP contribution in [0.2, 0.25) is 0 Å². The third-order valence-electron chi connectivity index (χ3n) is 6.25. The molecule has 0 amide bonds. The second-order valence-corrected chi connectivity index (χ2v) is 7.71. The molecule has 0 unspecified atom stereocenters. The summed E-state index contributed by atoms with van der Waals surface area (Å²) in [7, 11) is 0. The summed E-state index contributed by atoms with van der Waals surface area (Å²) in [6.07, 6.45) is 0.551. The van der Waals surface area contributed by atoms with Gasteiger partial charge in [0.25, 0.3) is 0 Å². The minimum Gasteiger partial charge on any atom is -0.390 e. The van der Waals surface area contributed by atoms with Gasteiger partial charge in [0.15, 0.2) is 0 Å². The van der Waals surface area contributed by atoms with Crippen LogP contribution in [0.1, 0.15) is 47.0 Å². The number of hydrogen-bond acceptors (Lipinski definition) is 4. The summed E-state index contributed by atoms with van der Waals surface area (Å²) in [5, 5.41) is 32.1. The quantitative estimate of drug-likeness (QED) is 0.623. The molecule has 0 aromatic carbocycles. The predicted molar refractivity (Wildman–Crippen MR) is 70.5 cm³/mol. The van der Waals surface area contributed by atoms with E-state index in [1.54, 1.807) is 0 Å². The Labute approximate surface area is 114 Å². The largest absolute Gasteiger partial charge is 0.390 e. The first-order chi connectivity index (χ1) is 8.65. The highest BCUT2D eigenvalue weighted by Crippen LogP contribution is 2.62. The van der Waals surface area contributed by atoms with Crippen molar-refractivity contribution in [3.63, 3.8) is 0 Å². The molecule has 0 aromatic heterocycles. The first-order valence-corrected chi connectivity index (χ1v) is 7.41. The van der Waals surface area contributed by atoms with Crippen molar-refractivity contribution in [3.8, 4) is 0 Å². The van der Waals surface area contributed by atoms with Gasteiger partial charge in [-0.1, -0.05) is 20.8 Å². The second kappa shape index (κ2) is 3.73. The minimum absolute atomic E-state index is 0.0919. The third kappa shape index (κ3) is 1.60. The summed E-state index contributed by atoms with van der Waals surface area (Å²) < 4.78 is 5.58. The molecule has 3 N–H and O–H groups in total. The van der Waals surface area contributed by atoms with E-state index < -0.39 is 23.4 Å². The van der Waals surface area contributed by atoms with Crippen molar-refractivity contribution < 1.29 is 20.1 Å². The molecule has 7 atom stereocenters. The molecular formula is C15H26O4. The molecule has 3 fully saturated rings. The number of ether oxygens (including phenoxy) is 1. The first-order valence-electron chi connectivity index (χ1n) is 7.41. The van der Waals surface area contributed by atoms with Crippen molar-refractivity contribution in [2.45, 2.75) is 76.5 Å². The van der Waals surface area contributed by atoms with Gasteiger partial charge in [-0.05, 0) is 37.5 Å². The van der Waals surface area contributed by atoms with Gasteiger partial charge >= 0.3 is 0 Å². The summed E-state index contributed by atoms with van der Waals surface area (Å²) in [4.78, 5) is 0. The van der Waals surface area contributed by atoms with E-state index in [-0.39, 0.29) is 23.4 Å². The zero-order valence-corrected chi connectivity index (χ0v) is 12.3. The molecule has 3 aliphatic rings. The highest BCUT2D eigenvalue weighted by molar-refractivity contribution is 5.20. The maximum atomic E-state index is 11.0. The maximum absolute atomic E-state index is 11.0. The summed E-state index contributed by atoms with van der Waals surface area (Å²) in [6, 6.07) is 0. The topological polar surface area (TPSA) is 73.2 Å². The van der Waals surface area contributed by atoms with E-state index in [4.69, 9.17) is 4.74 Å². The van der Waals surface area contributed by atoms with Gasteiger partial charge in [-0.2, -0.15) is 0 Å². The lowest BCUT2D eigenvalue weighted by molar-refractivity contribution is -0.120. The SMILES string of the molecule is CC(C)[C@]1(O)CC[C@]2(C)C[C@@H](O)[C@]3(C)O[C@@H]3[C@H](O)[C@H]21. The Kier molecular flexibility index (Phi) is 2.71.